The average molecular weight is 508 g/mol. The first-order valence-electron chi connectivity index (χ1n) is 12.4. The fraction of sp³-hybridized carbons (Fsp3) is 0.219. The van der Waals surface area contributed by atoms with E-state index < -0.39 is 5.82 Å². The first-order chi connectivity index (χ1) is 17.9. The number of fused-ring (bicyclic) bond motifs is 2. The molecule has 0 spiro atoms. The van der Waals surface area contributed by atoms with Gasteiger partial charge in [0.2, 0.25) is 5.69 Å². The van der Waals surface area contributed by atoms with Gasteiger partial charge in [0.15, 0.2) is 11.6 Å². The zero-order valence-corrected chi connectivity index (χ0v) is 21.6. The topological polar surface area (TPSA) is 38.5 Å². The fourth-order valence-electron chi connectivity index (χ4n) is 5.22. The van der Waals surface area contributed by atoms with Gasteiger partial charge in [0.25, 0.3) is 0 Å². The van der Waals surface area contributed by atoms with E-state index in [1.165, 1.54) is 29.0 Å². The Morgan fingerprint density at radius 2 is 1.92 bits per heavy atom. The van der Waals surface area contributed by atoms with Crippen LogP contribution in [0.25, 0.3) is 15.6 Å². The molecule has 0 saturated heterocycles. The maximum Gasteiger partial charge on any atom is 0.204 e. The molecule has 3 aromatic carbocycles. The largest absolute Gasteiger partial charge is 0.294 e. The highest BCUT2D eigenvalue weighted by Gasteiger charge is 2.28. The zero-order chi connectivity index (χ0) is 26.1. The number of hydrogen-bond donors (Lipinski definition) is 0. The Kier molecular flexibility index (Phi) is 6.86. The Morgan fingerprint density at radius 1 is 1.11 bits per heavy atom. The van der Waals surface area contributed by atoms with Crippen LogP contribution in [0.1, 0.15) is 67.8 Å². The second kappa shape index (κ2) is 10.2. The Labute approximate surface area is 220 Å². The molecular formula is C32H26FNO2S. The maximum atomic E-state index is 14.2. The van der Waals surface area contributed by atoms with Crippen LogP contribution in [0.3, 0.4) is 0 Å². The molecule has 1 aliphatic carbocycles. The molecule has 0 bridgehead atoms. The average Bonchev–Trinajstić information content (AvgIpc) is 3.23. The summed E-state index contributed by atoms with van der Waals surface area (Å²) in [5.41, 5.74) is 4.52. The first-order valence-corrected chi connectivity index (χ1v) is 13.2. The van der Waals surface area contributed by atoms with Crippen LogP contribution in [0.15, 0.2) is 72.3 Å². The van der Waals surface area contributed by atoms with Crippen molar-refractivity contribution in [1.29, 1.82) is 0 Å². The molecule has 0 saturated carbocycles. The van der Waals surface area contributed by atoms with Crippen molar-refractivity contribution in [1.82, 2.24) is 0 Å². The summed E-state index contributed by atoms with van der Waals surface area (Å²) in [7, 11) is 0. The predicted octanol–water partition coefficient (Wildman–Crippen LogP) is 8.44. The molecule has 0 aliphatic heterocycles. The summed E-state index contributed by atoms with van der Waals surface area (Å²) in [6, 6.07) is 18.2. The summed E-state index contributed by atoms with van der Waals surface area (Å²) in [6.07, 6.45) is 4.12. The minimum atomic E-state index is -0.531. The van der Waals surface area contributed by atoms with E-state index in [1.54, 1.807) is 18.2 Å². The second-order valence-corrected chi connectivity index (χ2v) is 11.0. The number of thiophene rings is 1. The van der Waals surface area contributed by atoms with Crippen LogP contribution in [-0.2, 0) is 19.3 Å². The molecule has 1 atom stereocenters. The van der Waals surface area contributed by atoms with Crippen molar-refractivity contribution in [2.45, 2.75) is 45.4 Å². The van der Waals surface area contributed by atoms with Gasteiger partial charge in [-0.05, 0) is 90.1 Å². The van der Waals surface area contributed by atoms with Crippen LogP contribution >= 0.6 is 11.3 Å². The van der Waals surface area contributed by atoms with Crippen LogP contribution in [0.4, 0.5) is 10.1 Å². The van der Waals surface area contributed by atoms with Crippen molar-refractivity contribution < 1.29 is 14.0 Å². The standard InChI is InChI=1S/C32H26FNO2S/c1-19(2)15-28(35)22-12-11-20-7-6-9-23(26(20)16-22)21-13-14-25-30(17-21)37-31(32(25)34-3)18-29(36)24-8-4-5-10-27(24)33/h4-12,15-16,21H,13-14,17-18H2,1-2H3. The van der Waals surface area contributed by atoms with Gasteiger partial charge in [-0.25, -0.2) is 9.24 Å². The van der Waals surface area contributed by atoms with Crippen LogP contribution < -0.4 is 0 Å². The number of rotatable bonds is 6. The van der Waals surface area contributed by atoms with Gasteiger partial charge in [-0.3, -0.25) is 9.59 Å². The fourth-order valence-corrected chi connectivity index (χ4v) is 6.59. The molecule has 1 heterocycles. The van der Waals surface area contributed by atoms with E-state index in [2.05, 4.69) is 23.0 Å². The van der Waals surface area contributed by atoms with Crippen molar-refractivity contribution in [3.8, 4) is 0 Å². The molecule has 5 heteroatoms. The van der Waals surface area contributed by atoms with E-state index in [0.29, 0.717) is 11.3 Å². The summed E-state index contributed by atoms with van der Waals surface area (Å²) >= 11 is 1.52. The van der Waals surface area contributed by atoms with Crippen LogP contribution in [0.2, 0.25) is 0 Å². The zero-order valence-electron chi connectivity index (χ0n) is 20.8. The third-order valence-corrected chi connectivity index (χ3v) is 8.22. The Hall–Kier alpha value is -3.88. The lowest BCUT2D eigenvalue weighted by molar-refractivity contribution is 0.0989. The van der Waals surface area contributed by atoms with Gasteiger partial charge >= 0.3 is 0 Å². The van der Waals surface area contributed by atoms with Crippen LogP contribution in [0.5, 0.6) is 0 Å². The number of allylic oxidation sites excluding steroid dienone is 2. The van der Waals surface area contributed by atoms with Gasteiger partial charge in [-0.2, -0.15) is 11.3 Å². The molecule has 0 radical (unpaired) electrons. The third kappa shape index (κ3) is 4.90. The lowest BCUT2D eigenvalue weighted by Crippen LogP contribution is -2.11. The molecule has 3 nitrogen and oxygen atoms in total. The predicted molar refractivity (Wildman–Crippen MR) is 147 cm³/mol. The van der Waals surface area contributed by atoms with E-state index >= 15 is 0 Å². The molecule has 184 valence electrons. The molecule has 1 aliphatic rings. The highest BCUT2D eigenvalue weighted by molar-refractivity contribution is 7.13. The van der Waals surface area contributed by atoms with Gasteiger partial charge in [0.05, 0.1) is 12.1 Å². The minimum absolute atomic E-state index is 0.00625. The van der Waals surface area contributed by atoms with E-state index in [0.717, 1.165) is 50.9 Å². The number of Topliss-reactive ketones (excluding diaryl/α,β-unsaturated/α-hetero) is 1. The SMILES string of the molecule is [C-]#[N+]c1c(CC(=O)c2ccccc2F)sc2c1CCC(c1cccc3ccc(C(=O)C=C(C)C)cc13)C2. The summed E-state index contributed by atoms with van der Waals surface area (Å²) in [5, 5.41) is 2.18. The van der Waals surface area contributed by atoms with E-state index in [1.807, 2.05) is 32.0 Å². The monoisotopic (exact) mass is 507 g/mol. The van der Waals surface area contributed by atoms with Crippen molar-refractivity contribution in [3.63, 3.8) is 0 Å². The third-order valence-electron chi connectivity index (χ3n) is 6.97. The Balaban J connectivity index is 1.46. The first kappa shape index (κ1) is 24.8. The number of hydrogen-bond acceptors (Lipinski definition) is 3. The van der Waals surface area contributed by atoms with Gasteiger partial charge in [-0.1, -0.05) is 48.0 Å². The molecule has 4 aromatic rings. The number of carbonyl (C=O) groups is 2. The highest BCUT2D eigenvalue weighted by Crippen LogP contribution is 2.45. The number of ketones is 2. The van der Waals surface area contributed by atoms with Gasteiger partial charge in [0.1, 0.15) is 5.82 Å². The molecular weight excluding hydrogens is 481 g/mol. The van der Waals surface area contributed by atoms with E-state index in [4.69, 9.17) is 6.57 Å². The Bertz CT molecular complexity index is 1620. The molecule has 0 fully saturated rings. The van der Waals surface area contributed by atoms with Crippen molar-refractivity contribution >= 4 is 39.4 Å². The lowest BCUT2D eigenvalue weighted by Gasteiger charge is -2.24. The maximum absolute atomic E-state index is 14.2. The van der Waals surface area contributed by atoms with Gasteiger partial charge in [-0.15, -0.1) is 0 Å². The van der Waals surface area contributed by atoms with E-state index in [-0.39, 0.29) is 29.5 Å². The normalized spacial score (nSPS) is 14.6. The van der Waals surface area contributed by atoms with Crippen LogP contribution in [-0.4, -0.2) is 11.6 Å². The summed E-state index contributed by atoms with van der Waals surface area (Å²) in [4.78, 5) is 31.2. The smallest absolute Gasteiger partial charge is 0.204 e. The molecule has 5 rings (SSSR count). The molecule has 0 amide bonds. The second-order valence-electron chi connectivity index (χ2n) is 9.78. The minimum Gasteiger partial charge on any atom is -0.294 e. The van der Waals surface area contributed by atoms with Crippen molar-refractivity contribution in [2.75, 3.05) is 0 Å². The van der Waals surface area contributed by atoms with E-state index in [9.17, 15) is 14.0 Å². The highest BCUT2D eigenvalue weighted by atomic mass is 32.1. The van der Waals surface area contributed by atoms with Gasteiger partial charge in [0, 0.05) is 16.9 Å². The number of carbonyl (C=O) groups excluding carboxylic acids is 2. The summed E-state index contributed by atoms with van der Waals surface area (Å²) in [5.74, 6) is -0.582. The summed E-state index contributed by atoms with van der Waals surface area (Å²) < 4.78 is 14.2. The molecule has 0 N–H and O–H groups in total. The number of halogens is 1. The lowest BCUT2D eigenvalue weighted by atomic mass is 9.81. The summed E-state index contributed by atoms with van der Waals surface area (Å²) in [6.45, 7) is 11.6. The van der Waals surface area contributed by atoms with Crippen molar-refractivity contribution in [3.05, 3.63) is 122 Å². The van der Waals surface area contributed by atoms with Crippen molar-refractivity contribution in [2.24, 2.45) is 0 Å². The molecule has 37 heavy (non-hydrogen) atoms. The molecule has 1 unspecified atom stereocenters. The van der Waals surface area contributed by atoms with Crippen LogP contribution in [0, 0.1) is 12.4 Å². The number of nitrogens with zero attached hydrogens (tertiary/aromatic N) is 1. The molecule has 1 aromatic heterocycles. The number of benzene rings is 3. The van der Waals surface area contributed by atoms with Gasteiger partial charge < -0.3 is 0 Å². The quantitative estimate of drug-likeness (QED) is 0.149. The Morgan fingerprint density at radius 3 is 2.68 bits per heavy atom.